The van der Waals surface area contributed by atoms with Gasteiger partial charge in [0, 0.05) is 31.4 Å². The molecular weight excluding hydrogens is 292 g/mol. The fraction of sp³-hybridized carbons (Fsp3) is 0.353. The smallest absolute Gasteiger partial charge is 0.287 e. The quantitative estimate of drug-likeness (QED) is 0.458. The highest BCUT2D eigenvalue weighted by Crippen LogP contribution is 2.18. The van der Waals surface area contributed by atoms with Gasteiger partial charge in [-0.25, -0.2) is 4.98 Å². The molecule has 0 aliphatic carbocycles. The molecule has 0 bridgehead atoms. The van der Waals surface area contributed by atoms with Gasteiger partial charge in [-0.05, 0) is 38.0 Å². The Morgan fingerprint density at radius 1 is 1.30 bits per heavy atom. The Morgan fingerprint density at radius 2 is 2.04 bits per heavy atom. The molecule has 23 heavy (non-hydrogen) atoms. The first kappa shape index (κ1) is 16.7. The van der Waals surface area contributed by atoms with Gasteiger partial charge in [-0.15, -0.1) is 0 Å². The molecule has 6 heteroatoms. The molecule has 122 valence electrons. The molecular formula is C17H22N4O2. The molecule has 0 unspecified atom stereocenters. The molecule has 0 saturated heterocycles. The fourth-order valence-electron chi connectivity index (χ4n) is 2.43. The average molecular weight is 314 g/mol. The van der Waals surface area contributed by atoms with E-state index in [0.29, 0.717) is 5.82 Å². The van der Waals surface area contributed by atoms with Crippen LogP contribution in [-0.2, 0) is 0 Å². The van der Waals surface area contributed by atoms with E-state index < -0.39 is 4.92 Å². The maximum Gasteiger partial charge on any atom is 0.287 e. The third kappa shape index (κ3) is 4.67. The molecule has 2 rings (SSSR count). The van der Waals surface area contributed by atoms with Crippen molar-refractivity contribution in [3.63, 3.8) is 0 Å². The summed E-state index contributed by atoms with van der Waals surface area (Å²) < 4.78 is 0. The predicted molar refractivity (Wildman–Crippen MR) is 93.1 cm³/mol. The van der Waals surface area contributed by atoms with Crippen LogP contribution < -0.4 is 10.2 Å². The second-order valence-corrected chi connectivity index (χ2v) is 5.31. The number of benzene rings is 1. The number of rotatable bonds is 8. The molecule has 0 atom stereocenters. The first-order valence-corrected chi connectivity index (χ1v) is 7.76. The van der Waals surface area contributed by atoms with Gasteiger partial charge in [0.15, 0.2) is 0 Å². The van der Waals surface area contributed by atoms with Crippen molar-refractivity contribution in [2.45, 2.75) is 20.3 Å². The van der Waals surface area contributed by atoms with Crippen LogP contribution in [0.1, 0.15) is 18.9 Å². The monoisotopic (exact) mass is 314 g/mol. The summed E-state index contributed by atoms with van der Waals surface area (Å²) in [5, 5.41) is 14.0. The molecule has 0 fully saturated rings. The molecule has 0 saturated carbocycles. The van der Waals surface area contributed by atoms with Gasteiger partial charge < -0.3 is 10.2 Å². The van der Waals surface area contributed by atoms with Crippen molar-refractivity contribution >= 4 is 17.2 Å². The summed E-state index contributed by atoms with van der Waals surface area (Å²) in [5.74, 6) is 0.707. The van der Waals surface area contributed by atoms with Crippen LogP contribution in [0, 0.1) is 17.0 Å². The molecule has 1 N–H and O–H groups in total. The van der Waals surface area contributed by atoms with Crippen LogP contribution in [0.4, 0.5) is 17.2 Å². The Balaban J connectivity index is 1.84. The minimum Gasteiger partial charge on any atom is -0.372 e. The lowest BCUT2D eigenvalue weighted by atomic mass is 10.2. The van der Waals surface area contributed by atoms with Gasteiger partial charge in [-0.2, -0.15) is 0 Å². The standard InChI is InChI=1S/C17H22N4O2/c1-3-20(15-8-5-4-6-9-15)11-7-10-18-17-14(2)12-16(13-19-17)21(22)23/h4-6,8-9,12-13H,3,7,10-11H2,1-2H3,(H,18,19). The van der Waals surface area contributed by atoms with Crippen LogP contribution in [0.3, 0.4) is 0 Å². The van der Waals surface area contributed by atoms with E-state index in [4.69, 9.17) is 0 Å². The largest absolute Gasteiger partial charge is 0.372 e. The SMILES string of the molecule is CCN(CCCNc1ncc([N+](=O)[O-])cc1C)c1ccccc1. The summed E-state index contributed by atoms with van der Waals surface area (Å²) in [6.45, 7) is 6.64. The van der Waals surface area contributed by atoms with Gasteiger partial charge >= 0.3 is 0 Å². The van der Waals surface area contributed by atoms with E-state index >= 15 is 0 Å². The van der Waals surface area contributed by atoms with Crippen LogP contribution in [0.25, 0.3) is 0 Å². The summed E-state index contributed by atoms with van der Waals surface area (Å²) in [6.07, 6.45) is 2.25. The van der Waals surface area contributed by atoms with Gasteiger partial charge in [-0.1, -0.05) is 18.2 Å². The lowest BCUT2D eigenvalue weighted by Crippen LogP contribution is -2.25. The van der Waals surface area contributed by atoms with Gasteiger partial charge in [0.1, 0.15) is 12.0 Å². The lowest BCUT2D eigenvalue weighted by molar-refractivity contribution is -0.385. The maximum atomic E-state index is 10.7. The number of anilines is 2. The highest BCUT2D eigenvalue weighted by molar-refractivity contribution is 5.48. The van der Waals surface area contributed by atoms with Gasteiger partial charge in [-0.3, -0.25) is 10.1 Å². The van der Waals surface area contributed by atoms with Crippen molar-refractivity contribution in [1.82, 2.24) is 4.98 Å². The highest BCUT2D eigenvalue weighted by atomic mass is 16.6. The molecule has 1 aromatic heterocycles. The van der Waals surface area contributed by atoms with Crippen molar-refractivity contribution in [3.05, 3.63) is 58.3 Å². The first-order valence-electron chi connectivity index (χ1n) is 7.76. The van der Waals surface area contributed by atoms with E-state index in [2.05, 4.69) is 34.3 Å². The Labute approximate surface area is 136 Å². The Kier molecular flexibility index (Phi) is 5.91. The van der Waals surface area contributed by atoms with E-state index in [1.165, 1.54) is 18.0 Å². The van der Waals surface area contributed by atoms with Gasteiger partial charge in [0.05, 0.1) is 4.92 Å². The van der Waals surface area contributed by atoms with Crippen LogP contribution in [0.5, 0.6) is 0 Å². The maximum absolute atomic E-state index is 10.7. The number of aryl methyl sites for hydroxylation is 1. The number of aromatic nitrogens is 1. The van der Waals surface area contributed by atoms with Gasteiger partial charge in [0.25, 0.3) is 5.69 Å². The molecule has 0 aliphatic rings. The number of hydrogen-bond donors (Lipinski definition) is 1. The van der Waals surface area contributed by atoms with E-state index in [1.54, 1.807) is 0 Å². The van der Waals surface area contributed by atoms with Crippen LogP contribution in [0.15, 0.2) is 42.6 Å². The minimum absolute atomic E-state index is 0.0225. The van der Waals surface area contributed by atoms with Crippen molar-refractivity contribution in [2.24, 2.45) is 0 Å². The second-order valence-electron chi connectivity index (χ2n) is 5.31. The number of nitro groups is 1. The summed E-state index contributed by atoms with van der Waals surface area (Å²) in [6, 6.07) is 11.9. The predicted octanol–water partition coefficient (Wildman–Crippen LogP) is 3.63. The molecule has 6 nitrogen and oxygen atoms in total. The fourth-order valence-corrected chi connectivity index (χ4v) is 2.43. The third-order valence-electron chi connectivity index (χ3n) is 3.67. The van der Waals surface area contributed by atoms with E-state index in [9.17, 15) is 10.1 Å². The number of nitrogens with one attached hydrogen (secondary N) is 1. The third-order valence-corrected chi connectivity index (χ3v) is 3.67. The van der Waals surface area contributed by atoms with Crippen molar-refractivity contribution in [3.8, 4) is 0 Å². The summed E-state index contributed by atoms with van der Waals surface area (Å²) >= 11 is 0. The van der Waals surface area contributed by atoms with Crippen LogP contribution in [-0.4, -0.2) is 29.5 Å². The average Bonchev–Trinajstić information content (AvgIpc) is 2.56. The lowest BCUT2D eigenvalue weighted by Gasteiger charge is -2.23. The Hall–Kier alpha value is -2.63. The van der Waals surface area contributed by atoms with Crippen LogP contribution in [0.2, 0.25) is 0 Å². The highest BCUT2D eigenvalue weighted by Gasteiger charge is 2.09. The number of pyridine rings is 1. The molecule has 0 amide bonds. The van der Waals surface area contributed by atoms with E-state index in [-0.39, 0.29) is 5.69 Å². The zero-order valence-corrected chi connectivity index (χ0v) is 13.5. The molecule has 0 aliphatic heterocycles. The molecule has 0 spiro atoms. The van der Waals surface area contributed by atoms with Crippen LogP contribution >= 0.6 is 0 Å². The van der Waals surface area contributed by atoms with Crippen molar-refractivity contribution < 1.29 is 4.92 Å². The van der Waals surface area contributed by atoms with Crippen molar-refractivity contribution in [2.75, 3.05) is 29.9 Å². The first-order chi connectivity index (χ1) is 11.1. The summed E-state index contributed by atoms with van der Waals surface area (Å²) in [5.41, 5.74) is 2.03. The molecule has 1 aromatic carbocycles. The molecule has 1 heterocycles. The molecule has 2 aromatic rings. The minimum atomic E-state index is -0.428. The summed E-state index contributed by atoms with van der Waals surface area (Å²) in [7, 11) is 0. The van der Waals surface area contributed by atoms with Gasteiger partial charge in [0.2, 0.25) is 0 Å². The van der Waals surface area contributed by atoms with Crippen molar-refractivity contribution in [1.29, 1.82) is 0 Å². The summed E-state index contributed by atoms with van der Waals surface area (Å²) in [4.78, 5) is 16.7. The van der Waals surface area contributed by atoms with E-state index in [1.807, 2.05) is 25.1 Å². The zero-order valence-electron chi connectivity index (χ0n) is 13.5. The number of para-hydroxylation sites is 1. The number of nitrogens with zero attached hydrogens (tertiary/aromatic N) is 3. The Bertz CT molecular complexity index is 646. The molecule has 0 radical (unpaired) electrons. The second kappa shape index (κ2) is 8.12. The normalized spacial score (nSPS) is 10.3. The topological polar surface area (TPSA) is 71.3 Å². The zero-order chi connectivity index (χ0) is 16.7. The van der Waals surface area contributed by atoms with E-state index in [0.717, 1.165) is 31.6 Å². The Morgan fingerprint density at radius 3 is 2.65 bits per heavy atom. The number of hydrogen-bond acceptors (Lipinski definition) is 5.